The predicted molar refractivity (Wildman–Crippen MR) is 111 cm³/mol. The van der Waals surface area contributed by atoms with Crippen molar-refractivity contribution in [1.29, 1.82) is 0 Å². The van der Waals surface area contributed by atoms with Crippen LogP contribution in [0.3, 0.4) is 0 Å². The molecule has 0 radical (unpaired) electrons. The summed E-state index contributed by atoms with van der Waals surface area (Å²) in [5.41, 5.74) is 0.829. The van der Waals surface area contributed by atoms with Gasteiger partial charge in [0, 0.05) is 29.4 Å². The van der Waals surface area contributed by atoms with Crippen LogP contribution in [0.4, 0.5) is 5.69 Å². The third-order valence-electron chi connectivity index (χ3n) is 4.23. The molecule has 4 rings (SSSR count). The van der Waals surface area contributed by atoms with Crippen molar-refractivity contribution < 1.29 is 4.79 Å². The van der Waals surface area contributed by atoms with Gasteiger partial charge >= 0.3 is 0 Å². The van der Waals surface area contributed by atoms with Gasteiger partial charge in [0.2, 0.25) is 5.91 Å². The summed E-state index contributed by atoms with van der Waals surface area (Å²) >= 11 is 3.10. The van der Waals surface area contributed by atoms with Crippen molar-refractivity contribution in [3.63, 3.8) is 0 Å². The minimum atomic E-state index is -0.0563. The van der Waals surface area contributed by atoms with Gasteiger partial charge in [-0.3, -0.25) is 4.79 Å². The van der Waals surface area contributed by atoms with Crippen LogP contribution in [0.5, 0.6) is 0 Å². The quantitative estimate of drug-likeness (QED) is 0.494. The van der Waals surface area contributed by atoms with Crippen molar-refractivity contribution in [2.45, 2.75) is 11.6 Å². The van der Waals surface area contributed by atoms with Gasteiger partial charge in [0.15, 0.2) is 5.16 Å². The molecular weight excluding hydrogens is 376 g/mol. The van der Waals surface area contributed by atoms with Gasteiger partial charge in [0.05, 0.1) is 5.75 Å². The van der Waals surface area contributed by atoms with Crippen LogP contribution in [0, 0.1) is 0 Å². The first-order chi connectivity index (χ1) is 13.2. The standard InChI is InChI=1S/C20H18N4OS2/c1-24-18(12-15-8-5-11-26-15)22-23-20(24)27-13-19(25)21-17-10-4-7-14-6-2-3-9-16(14)17/h2-11H,12-13H2,1H3,(H,21,25). The average Bonchev–Trinajstić information content (AvgIpc) is 3.31. The van der Waals surface area contributed by atoms with E-state index in [0.29, 0.717) is 0 Å². The average molecular weight is 395 g/mol. The Bertz CT molecular complexity index is 1070. The van der Waals surface area contributed by atoms with E-state index in [9.17, 15) is 4.79 Å². The lowest BCUT2D eigenvalue weighted by Crippen LogP contribution is -2.14. The number of carbonyl (C=O) groups is 1. The number of anilines is 1. The predicted octanol–water partition coefficient (Wildman–Crippen LogP) is 4.35. The summed E-state index contributed by atoms with van der Waals surface area (Å²) in [5.74, 6) is 1.13. The van der Waals surface area contributed by atoms with E-state index in [4.69, 9.17) is 0 Å². The first kappa shape index (κ1) is 17.8. The molecule has 0 aliphatic heterocycles. The summed E-state index contributed by atoms with van der Waals surface area (Å²) in [6.07, 6.45) is 0.754. The fourth-order valence-corrected chi connectivity index (χ4v) is 4.28. The number of aromatic nitrogens is 3. The summed E-state index contributed by atoms with van der Waals surface area (Å²) < 4.78 is 1.95. The van der Waals surface area contributed by atoms with Crippen molar-refractivity contribution in [3.05, 3.63) is 70.7 Å². The molecule has 0 aliphatic carbocycles. The zero-order valence-corrected chi connectivity index (χ0v) is 16.4. The molecule has 27 heavy (non-hydrogen) atoms. The second-order valence-electron chi connectivity index (χ2n) is 6.08. The second-order valence-corrected chi connectivity index (χ2v) is 8.05. The number of thioether (sulfide) groups is 1. The number of nitrogens with one attached hydrogen (secondary N) is 1. The maximum Gasteiger partial charge on any atom is 0.234 e. The van der Waals surface area contributed by atoms with Crippen LogP contribution >= 0.6 is 23.1 Å². The van der Waals surface area contributed by atoms with E-state index in [-0.39, 0.29) is 11.7 Å². The molecule has 0 saturated heterocycles. The number of nitrogens with zero attached hydrogens (tertiary/aromatic N) is 3. The van der Waals surface area contributed by atoms with Gasteiger partial charge in [-0.2, -0.15) is 0 Å². The first-order valence-electron chi connectivity index (χ1n) is 8.52. The Morgan fingerprint density at radius 1 is 1.11 bits per heavy atom. The maximum absolute atomic E-state index is 12.4. The molecule has 0 aliphatic rings. The monoisotopic (exact) mass is 394 g/mol. The molecule has 2 aromatic carbocycles. The van der Waals surface area contributed by atoms with Crippen molar-refractivity contribution in [1.82, 2.24) is 14.8 Å². The Morgan fingerprint density at radius 2 is 1.96 bits per heavy atom. The zero-order valence-electron chi connectivity index (χ0n) is 14.8. The van der Waals surface area contributed by atoms with E-state index in [0.717, 1.165) is 33.9 Å². The van der Waals surface area contributed by atoms with E-state index in [2.05, 4.69) is 27.0 Å². The Labute approximate surface area is 165 Å². The van der Waals surface area contributed by atoms with E-state index < -0.39 is 0 Å². The SMILES string of the molecule is Cn1c(Cc2cccs2)nnc1SCC(=O)Nc1cccc2ccccc12. The van der Waals surface area contributed by atoms with Crippen molar-refractivity contribution in [2.75, 3.05) is 11.1 Å². The number of benzene rings is 2. The topological polar surface area (TPSA) is 59.8 Å². The van der Waals surface area contributed by atoms with Crippen LogP contribution in [0.1, 0.15) is 10.7 Å². The van der Waals surface area contributed by atoms with Crippen molar-refractivity contribution in [3.8, 4) is 0 Å². The summed E-state index contributed by atoms with van der Waals surface area (Å²) in [7, 11) is 1.94. The van der Waals surface area contributed by atoms with Crippen LogP contribution in [-0.2, 0) is 18.3 Å². The second kappa shape index (κ2) is 7.94. The minimum Gasteiger partial charge on any atom is -0.325 e. The third kappa shape index (κ3) is 4.04. The van der Waals surface area contributed by atoms with Crippen molar-refractivity contribution in [2.24, 2.45) is 7.05 Å². The third-order valence-corrected chi connectivity index (χ3v) is 6.13. The molecule has 0 atom stereocenters. The summed E-state index contributed by atoms with van der Waals surface area (Å²) in [5, 5.41) is 16.4. The highest BCUT2D eigenvalue weighted by molar-refractivity contribution is 7.99. The Kier molecular flexibility index (Phi) is 5.22. The number of fused-ring (bicyclic) bond motifs is 1. The van der Waals surface area contributed by atoms with Crippen LogP contribution in [0.25, 0.3) is 10.8 Å². The number of hydrogen-bond acceptors (Lipinski definition) is 5. The Morgan fingerprint density at radius 3 is 2.81 bits per heavy atom. The molecule has 4 aromatic rings. The van der Waals surface area contributed by atoms with E-state index >= 15 is 0 Å². The highest BCUT2D eigenvalue weighted by Gasteiger charge is 2.13. The van der Waals surface area contributed by atoms with Gasteiger partial charge < -0.3 is 9.88 Å². The van der Waals surface area contributed by atoms with Crippen LogP contribution in [0.2, 0.25) is 0 Å². The largest absolute Gasteiger partial charge is 0.325 e. The van der Waals surface area contributed by atoms with Gasteiger partial charge in [0.25, 0.3) is 0 Å². The molecule has 0 unspecified atom stereocenters. The van der Waals surface area contributed by atoms with Crippen LogP contribution in [0.15, 0.2) is 65.1 Å². The molecule has 136 valence electrons. The zero-order chi connectivity index (χ0) is 18.6. The molecule has 0 fully saturated rings. The molecule has 7 heteroatoms. The lowest BCUT2D eigenvalue weighted by atomic mass is 10.1. The maximum atomic E-state index is 12.4. The van der Waals surface area contributed by atoms with Gasteiger partial charge in [-0.15, -0.1) is 21.5 Å². The van der Waals surface area contributed by atoms with Crippen molar-refractivity contribution >= 4 is 45.5 Å². The molecule has 1 amide bonds. The first-order valence-corrected chi connectivity index (χ1v) is 10.4. The number of hydrogen-bond donors (Lipinski definition) is 1. The Balaban J connectivity index is 1.40. The fourth-order valence-electron chi connectivity index (χ4n) is 2.84. The lowest BCUT2D eigenvalue weighted by molar-refractivity contribution is -0.113. The van der Waals surface area contributed by atoms with E-state index in [1.165, 1.54) is 16.6 Å². The molecule has 5 nitrogen and oxygen atoms in total. The normalized spacial score (nSPS) is 11.0. The molecule has 0 spiro atoms. The van der Waals surface area contributed by atoms with Crippen LogP contribution in [-0.4, -0.2) is 26.4 Å². The molecule has 1 N–H and O–H groups in total. The van der Waals surface area contributed by atoms with E-state index in [1.807, 2.05) is 60.1 Å². The van der Waals surface area contributed by atoms with Gasteiger partial charge in [-0.1, -0.05) is 54.2 Å². The summed E-state index contributed by atoms with van der Waals surface area (Å²) in [4.78, 5) is 13.7. The molecule has 2 heterocycles. The lowest BCUT2D eigenvalue weighted by Gasteiger charge is -2.08. The highest BCUT2D eigenvalue weighted by Crippen LogP contribution is 2.24. The van der Waals surface area contributed by atoms with Gasteiger partial charge in [0.1, 0.15) is 5.82 Å². The highest BCUT2D eigenvalue weighted by atomic mass is 32.2. The van der Waals surface area contributed by atoms with Gasteiger partial charge in [-0.25, -0.2) is 0 Å². The summed E-state index contributed by atoms with van der Waals surface area (Å²) in [6.45, 7) is 0. The van der Waals surface area contributed by atoms with E-state index in [1.54, 1.807) is 11.3 Å². The number of amides is 1. The number of carbonyl (C=O) groups excluding carboxylic acids is 1. The molecule has 0 bridgehead atoms. The van der Waals surface area contributed by atoms with Crippen LogP contribution < -0.4 is 5.32 Å². The molecular formula is C20H18N4OS2. The molecule has 0 saturated carbocycles. The van der Waals surface area contributed by atoms with Gasteiger partial charge in [-0.05, 0) is 22.9 Å². The Hall–Kier alpha value is -2.64. The molecule has 2 aromatic heterocycles. The minimum absolute atomic E-state index is 0.0563. The number of thiophene rings is 1. The number of rotatable bonds is 6. The summed E-state index contributed by atoms with van der Waals surface area (Å²) in [6, 6.07) is 18.0. The smallest absolute Gasteiger partial charge is 0.234 e. The fraction of sp³-hybridized carbons (Fsp3) is 0.150.